The van der Waals surface area contributed by atoms with Crippen molar-refractivity contribution in [2.45, 2.75) is 17.7 Å². The van der Waals surface area contributed by atoms with Crippen LogP contribution >= 0.6 is 0 Å². The minimum absolute atomic E-state index is 0.0171. The van der Waals surface area contributed by atoms with Gasteiger partial charge in [-0.1, -0.05) is 0 Å². The molecule has 11 nitrogen and oxygen atoms in total. The Morgan fingerprint density at radius 3 is 2.46 bits per heavy atom. The van der Waals surface area contributed by atoms with Gasteiger partial charge in [0.1, 0.15) is 17.9 Å². The fourth-order valence-corrected chi connectivity index (χ4v) is 5.29. The van der Waals surface area contributed by atoms with Crippen molar-refractivity contribution < 1.29 is 17.9 Å². The normalized spacial score (nSPS) is 15.4. The van der Waals surface area contributed by atoms with Crippen LogP contribution in [0.5, 0.6) is 5.75 Å². The molecule has 0 aliphatic carbocycles. The van der Waals surface area contributed by atoms with Crippen LogP contribution < -0.4 is 19.7 Å². The zero-order chi connectivity index (χ0) is 27.2. The van der Waals surface area contributed by atoms with Crippen molar-refractivity contribution in [1.29, 1.82) is 0 Å². The van der Waals surface area contributed by atoms with E-state index in [1.54, 1.807) is 25.3 Å². The van der Waals surface area contributed by atoms with Gasteiger partial charge in [-0.25, -0.2) is 33.1 Å². The summed E-state index contributed by atoms with van der Waals surface area (Å²) in [6, 6.07) is 17.1. The number of aromatic nitrogens is 4. The third-order valence-electron chi connectivity index (χ3n) is 6.38. The van der Waals surface area contributed by atoms with E-state index >= 15 is 0 Å². The molecular formula is C27H27N7O4S. The van der Waals surface area contributed by atoms with Gasteiger partial charge in [-0.15, -0.1) is 0 Å². The summed E-state index contributed by atoms with van der Waals surface area (Å²) in [5, 5.41) is 2.91. The van der Waals surface area contributed by atoms with E-state index in [1.165, 1.54) is 30.9 Å². The molecule has 3 heterocycles. The maximum absolute atomic E-state index is 13.1. The molecule has 1 aliphatic heterocycles. The number of piperidine rings is 1. The second kappa shape index (κ2) is 11.4. The molecule has 5 rings (SSSR count). The molecule has 0 bridgehead atoms. The van der Waals surface area contributed by atoms with Gasteiger partial charge in [0.25, 0.3) is 10.0 Å². The van der Waals surface area contributed by atoms with Crippen LogP contribution in [-0.4, -0.2) is 54.5 Å². The minimum atomic E-state index is -3.86. The zero-order valence-corrected chi connectivity index (χ0v) is 22.0. The predicted molar refractivity (Wildman–Crippen MR) is 147 cm³/mol. The van der Waals surface area contributed by atoms with Crippen LogP contribution in [0.2, 0.25) is 0 Å². The second-order valence-corrected chi connectivity index (χ2v) is 10.6. The fraction of sp³-hybridized carbons (Fsp3) is 0.222. The predicted octanol–water partition coefficient (Wildman–Crippen LogP) is 3.60. The third-order valence-corrected chi connectivity index (χ3v) is 7.72. The highest BCUT2D eigenvalue weighted by Crippen LogP contribution is 2.27. The van der Waals surface area contributed by atoms with Gasteiger partial charge in [-0.2, -0.15) is 0 Å². The molecule has 1 amide bonds. The summed E-state index contributed by atoms with van der Waals surface area (Å²) >= 11 is 0. The Labute approximate surface area is 226 Å². The fourth-order valence-electron chi connectivity index (χ4n) is 4.33. The molecule has 0 saturated carbocycles. The van der Waals surface area contributed by atoms with E-state index in [1.807, 2.05) is 30.3 Å². The Morgan fingerprint density at radius 2 is 1.74 bits per heavy atom. The van der Waals surface area contributed by atoms with Crippen LogP contribution in [0, 0.1) is 5.92 Å². The van der Waals surface area contributed by atoms with Gasteiger partial charge in [-0.3, -0.25) is 4.79 Å². The molecule has 200 valence electrons. The molecule has 0 spiro atoms. The van der Waals surface area contributed by atoms with Gasteiger partial charge in [-0.05, 0) is 67.4 Å². The first-order valence-corrected chi connectivity index (χ1v) is 13.8. The van der Waals surface area contributed by atoms with Gasteiger partial charge >= 0.3 is 0 Å². The summed E-state index contributed by atoms with van der Waals surface area (Å²) in [5.74, 6) is 1.14. The number of nitrogens with zero attached hydrogens (tertiary/aromatic N) is 5. The molecule has 39 heavy (non-hydrogen) atoms. The van der Waals surface area contributed by atoms with Crippen molar-refractivity contribution >= 4 is 33.4 Å². The van der Waals surface area contributed by atoms with Crippen LogP contribution in [0.4, 0.5) is 17.5 Å². The summed E-state index contributed by atoms with van der Waals surface area (Å²) < 4.78 is 32.8. The smallest absolute Gasteiger partial charge is 0.264 e. The molecule has 4 aromatic rings. The Hall–Kier alpha value is -4.58. The highest BCUT2D eigenvalue weighted by Gasteiger charge is 2.27. The van der Waals surface area contributed by atoms with Crippen LogP contribution in [0.3, 0.4) is 0 Å². The number of benzene rings is 2. The van der Waals surface area contributed by atoms with Crippen molar-refractivity contribution in [2.75, 3.05) is 35.1 Å². The van der Waals surface area contributed by atoms with E-state index in [9.17, 15) is 13.2 Å². The second-order valence-electron chi connectivity index (χ2n) is 8.97. The van der Waals surface area contributed by atoms with Crippen LogP contribution in [0.25, 0.3) is 11.3 Å². The Morgan fingerprint density at radius 1 is 1.00 bits per heavy atom. The zero-order valence-electron chi connectivity index (χ0n) is 21.2. The van der Waals surface area contributed by atoms with Crippen LogP contribution in [0.1, 0.15) is 12.8 Å². The molecular weight excluding hydrogens is 518 g/mol. The quantitative estimate of drug-likeness (QED) is 0.340. The number of ether oxygens (including phenoxy) is 1. The Kier molecular flexibility index (Phi) is 7.64. The number of anilines is 3. The first kappa shape index (κ1) is 26.0. The standard InChI is InChI=1S/C27H27N7O4S/c1-38-22-9-5-19(6-10-22)24-16-25(31-18-30-24)34-15-2-4-20(17-34)26(35)32-21-7-11-23(12-8-21)39(36,37)33-27-28-13-3-14-29-27/h3,5-14,16,18,20H,2,4,15,17H2,1H3,(H,32,35)(H,28,29,33). The maximum Gasteiger partial charge on any atom is 0.264 e. The topological polar surface area (TPSA) is 139 Å². The SMILES string of the molecule is COc1ccc(-c2cc(N3CCCC(C(=O)Nc4ccc(S(=O)(=O)Nc5ncccn5)cc4)C3)ncn2)cc1. The molecule has 0 radical (unpaired) electrons. The van der Waals surface area contributed by atoms with E-state index in [4.69, 9.17) is 4.74 Å². The van der Waals surface area contributed by atoms with Crippen LogP contribution in [-0.2, 0) is 14.8 Å². The number of methoxy groups -OCH3 is 1. The number of hydrogen-bond acceptors (Lipinski definition) is 9. The number of carbonyl (C=O) groups excluding carboxylic acids is 1. The summed E-state index contributed by atoms with van der Waals surface area (Å²) in [6.07, 6.45) is 6.00. The average molecular weight is 546 g/mol. The van der Waals surface area contributed by atoms with Crippen molar-refractivity contribution in [1.82, 2.24) is 19.9 Å². The molecule has 1 fully saturated rings. The number of nitrogens with one attached hydrogen (secondary N) is 2. The lowest BCUT2D eigenvalue weighted by atomic mass is 9.97. The van der Waals surface area contributed by atoms with Gasteiger partial charge in [0, 0.05) is 42.8 Å². The summed E-state index contributed by atoms with van der Waals surface area (Å²) in [5.41, 5.74) is 2.25. The molecule has 2 aromatic carbocycles. The molecule has 1 unspecified atom stereocenters. The van der Waals surface area contributed by atoms with Gasteiger partial charge in [0.2, 0.25) is 11.9 Å². The van der Waals surface area contributed by atoms with Crippen molar-refractivity contribution in [3.8, 4) is 17.0 Å². The number of carbonyl (C=O) groups is 1. The Balaban J connectivity index is 1.22. The largest absolute Gasteiger partial charge is 0.497 e. The lowest BCUT2D eigenvalue weighted by molar-refractivity contribution is -0.120. The summed E-state index contributed by atoms with van der Waals surface area (Å²) in [6.45, 7) is 1.30. The van der Waals surface area contributed by atoms with E-state index in [2.05, 4.69) is 34.9 Å². The number of amides is 1. The molecule has 1 atom stereocenters. The molecule has 2 aromatic heterocycles. The van der Waals surface area contributed by atoms with Crippen molar-refractivity contribution in [3.05, 3.63) is 79.4 Å². The van der Waals surface area contributed by atoms with E-state index in [0.717, 1.165) is 42.2 Å². The average Bonchev–Trinajstić information content (AvgIpc) is 2.98. The van der Waals surface area contributed by atoms with Gasteiger partial charge in [0.15, 0.2) is 0 Å². The first-order chi connectivity index (χ1) is 18.9. The molecule has 2 N–H and O–H groups in total. The van der Waals surface area contributed by atoms with E-state index in [-0.39, 0.29) is 22.7 Å². The van der Waals surface area contributed by atoms with Gasteiger partial charge < -0.3 is 15.0 Å². The summed E-state index contributed by atoms with van der Waals surface area (Å²) in [7, 11) is -2.23. The monoisotopic (exact) mass is 545 g/mol. The maximum atomic E-state index is 13.1. The van der Waals surface area contributed by atoms with E-state index < -0.39 is 10.0 Å². The van der Waals surface area contributed by atoms with Crippen LogP contribution in [0.15, 0.2) is 84.3 Å². The van der Waals surface area contributed by atoms with Gasteiger partial charge in [0.05, 0.1) is 23.6 Å². The number of hydrogen-bond donors (Lipinski definition) is 2. The highest BCUT2D eigenvalue weighted by molar-refractivity contribution is 7.92. The Bertz CT molecular complexity index is 1530. The summed E-state index contributed by atoms with van der Waals surface area (Å²) in [4.78, 5) is 31.8. The lowest BCUT2D eigenvalue weighted by Crippen LogP contribution is -2.41. The third kappa shape index (κ3) is 6.29. The number of rotatable bonds is 8. The van der Waals surface area contributed by atoms with Crippen molar-refractivity contribution in [2.24, 2.45) is 5.92 Å². The highest BCUT2D eigenvalue weighted by atomic mass is 32.2. The first-order valence-electron chi connectivity index (χ1n) is 12.3. The lowest BCUT2D eigenvalue weighted by Gasteiger charge is -2.33. The molecule has 1 saturated heterocycles. The molecule has 1 aliphatic rings. The minimum Gasteiger partial charge on any atom is -0.497 e. The molecule has 12 heteroatoms. The van der Waals surface area contributed by atoms with Crippen molar-refractivity contribution in [3.63, 3.8) is 0 Å². The number of sulfonamides is 1. The van der Waals surface area contributed by atoms with E-state index in [0.29, 0.717) is 12.2 Å².